The van der Waals surface area contributed by atoms with E-state index in [0.29, 0.717) is 0 Å². The molecule has 19 heavy (non-hydrogen) atoms. The smallest absolute Gasteiger partial charge is 0.108 e. The Morgan fingerprint density at radius 3 is 2.58 bits per heavy atom. The minimum atomic E-state index is -0.440. The predicted molar refractivity (Wildman–Crippen MR) is 80.7 cm³/mol. The fourth-order valence-electron chi connectivity index (χ4n) is 2.91. The summed E-state index contributed by atoms with van der Waals surface area (Å²) >= 11 is 6.05. The van der Waals surface area contributed by atoms with E-state index in [1.807, 2.05) is 20.0 Å². The minimum absolute atomic E-state index is 0.0504. The zero-order valence-corrected chi connectivity index (χ0v) is 12.7. The third-order valence-electron chi connectivity index (χ3n) is 3.91. The van der Waals surface area contributed by atoms with E-state index in [0.717, 1.165) is 36.1 Å². The molecule has 2 unspecified atom stereocenters. The maximum absolute atomic E-state index is 12.7. The van der Waals surface area contributed by atoms with Crippen LogP contribution in [0.25, 0.3) is 0 Å². The van der Waals surface area contributed by atoms with Gasteiger partial charge in [-0.15, -0.1) is 11.6 Å². The lowest BCUT2D eigenvalue weighted by Crippen LogP contribution is -2.28. The van der Waals surface area contributed by atoms with E-state index in [-0.39, 0.29) is 10.8 Å². The molecule has 3 N–H and O–H groups in total. The lowest BCUT2D eigenvalue weighted by molar-refractivity contribution is 0.350. The molecule has 1 saturated carbocycles. The second-order valence-electron chi connectivity index (χ2n) is 5.07. The van der Waals surface area contributed by atoms with Gasteiger partial charge in [0.1, 0.15) is 6.67 Å². The monoisotopic (exact) mass is 286 g/mol. The molecule has 1 aliphatic rings. The van der Waals surface area contributed by atoms with Crippen LogP contribution < -0.4 is 11.1 Å². The van der Waals surface area contributed by atoms with Gasteiger partial charge in [-0.3, -0.25) is 0 Å². The summed E-state index contributed by atoms with van der Waals surface area (Å²) in [6, 6.07) is 0. The van der Waals surface area contributed by atoms with Crippen molar-refractivity contribution in [3.63, 3.8) is 0 Å². The third kappa shape index (κ3) is 3.53. The highest BCUT2D eigenvalue weighted by molar-refractivity contribution is 6.21. The van der Waals surface area contributed by atoms with Gasteiger partial charge in [0.2, 0.25) is 0 Å². The van der Waals surface area contributed by atoms with Crippen molar-refractivity contribution in [2.75, 3.05) is 13.7 Å². The first-order valence-corrected chi connectivity index (χ1v) is 7.17. The van der Waals surface area contributed by atoms with Gasteiger partial charge in [0.15, 0.2) is 0 Å². The van der Waals surface area contributed by atoms with Crippen LogP contribution in [0.3, 0.4) is 0 Å². The average Bonchev–Trinajstić information content (AvgIpc) is 2.70. The molecule has 0 amide bonds. The molecule has 2 atom stereocenters. The first-order chi connectivity index (χ1) is 9.02. The highest BCUT2D eigenvalue weighted by Crippen LogP contribution is 2.51. The molecule has 0 aromatic heterocycles. The van der Waals surface area contributed by atoms with Gasteiger partial charge < -0.3 is 11.1 Å². The standard InChI is InChI=1S/C15H24ClFN2/c1-4-15(14(10-18)19-3)8-12(5-6-17)13(9-15)7-11(2)16/h5,7,10-11,19H,4,6,8-9,18H2,1-3H3/b12-5-,13-7-,14-10-. The Bertz CT molecular complexity index is 399. The van der Waals surface area contributed by atoms with Crippen molar-refractivity contribution in [1.29, 1.82) is 0 Å². The van der Waals surface area contributed by atoms with Gasteiger partial charge in [-0.2, -0.15) is 0 Å². The van der Waals surface area contributed by atoms with Crippen LogP contribution >= 0.6 is 11.6 Å². The van der Waals surface area contributed by atoms with Crippen molar-refractivity contribution in [2.24, 2.45) is 11.1 Å². The van der Waals surface area contributed by atoms with Crippen molar-refractivity contribution in [3.05, 3.63) is 35.2 Å². The zero-order valence-electron chi connectivity index (χ0n) is 12.0. The van der Waals surface area contributed by atoms with Gasteiger partial charge in [0.25, 0.3) is 0 Å². The molecule has 0 bridgehead atoms. The summed E-state index contributed by atoms with van der Waals surface area (Å²) in [4.78, 5) is 0. The Morgan fingerprint density at radius 1 is 1.53 bits per heavy atom. The fourth-order valence-corrected chi connectivity index (χ4v) is 3.07. The van der Waals surface area contributed by atoms with Crippen molar-refractivity contribution in [3.8, 4) is 0 Å². The van der Waals surface area contributed by atoms with Crippen molar-refractivity contribution >= 4 is 11.6 Å². The van der Waals surface area contributed by atoms with Crippen LogP contribution in [0.4, 0.5) is 4.39 Å². The second-order valence-corrected chi connectivity index (χ2v) is 5.76. The molecule has 0 heterocycles. The van der Waals surface area contributed by atoms with E-state index in [4.69, 9.17) is 17.3 Å². The molecule has 2 nitrogen and oxygen atoms in total. The topological polar surface area (TPSA) is 38.0 Å². The van der Waals surface area contributed by atoms with Gasteiger partial charge >= 0.3 is 0 Å². The largest absolute Gasteiger partial charge is 0.403 e. The quantitative estimate of drug-likeness (QED) is 0.757. The maximum Gasteiger partial charge on any atom is 0.108 e. The molecule has 108 valence electrons. The van der Waals surface area contributed by atoms with Gasteiger partial charge in [-0.1, -0.05) is 19.1 Å². The van der Waals surface area contributed by atoms with E-state index >= 15 is 0 Å². The minimum Gasteiger partial charge on any atom is -0.403 e. The first kappa shape index (κ1) is 16.1. The summed E-state index contributed by atoms with van der Waals surface area (Å²) < 4.78 is 12.7. The summed E-state index contributed by atoms with van der Waals surface area (Å²) in [5.41, 5.74) is 8.90. The molecule has 0 spiro atoms. The van der Waals surface area contributed by atoms with Crippen LogP contribution in [0.1, 0.15) is 33.1 Å². The van der Waals surface area contributed by atoms with Crippen LogP contribution in [0.5, 0.6) is 0 Å². The van der Waals surface area contributed by atoms with Crippen molar-refractivity contribution in [1.82, 2.24) is 5.32 Å². The number of nitrogens with two attached hydrogens (primary N) is 1. The van der Waals surface area contributed by atoms with Crippen LogP contribution in [0.15, 0.2) is 35.2 Å². The summed E-state index contributed by atoms with van der Waals surface area (Å²) in [6.07, 6.45) is 7.93. The van der Waals surface area contributed by atoms with Crippen molar-refractivity contribution in [2.45, 2.75) is 38.5 Å². The number of rotatable bonds is 5. The van der Waals surface area contributed by atoms with Crippen LogP contribution in [-0.4, -0.2) is 19.1 Å². The Morgan fingerprint density at radius 2 is 2.16 bits per heavy atom. The number of hydrogen-bond acceptors (Lipinski definition) is 2. The molecular weight excluding hydrogens is 263 g/mol. The summed E-state index contributed by atoms with van der Waals surface area (Å²) in [7, 11) is 1.88. The molecule has 4 heteroatoms. The van der Waals surface area contributed by atoms with Gasteiger partial charge in [0, 0.05) is 29.7 Å². The molecule has 0 radical (unpaired) electrons. The SMILES string of the molecule is CCC1(/C(=C/N)NC)CC(=C/CF)/C(=C\C(C)Cl)C1. The Labute approximate surface area is 120 Å². The number of allylic oxidation sites excluding steroid dienone is 5. The molecule has 0 saturated heterocycles. The number of alkyl halides is 2. The van der Waals surface area contributed by atoms with E-state index in [1.165, 1.54) is 0 Å². The molecule has 1 aliphatic carbocycles. The molecule has 0 aromatic rings. The summed E-state index contributed by atoms with van der Waals surface area (Å²) in [5.74, 6) is 0. The summed E-state index contributed by atoms with van der Waals surface area (Å²) in [5, 5.41) is 3.13. The number of hydrogen-bond donors (Lipinski definition) is 2. The Hall–Kier alpha value is -0.960. The van der Waals surface area contributed by atoms with Gasteiger partial charge in [-0.05, 0) is 37.3 Å². The lowest BCUT2D eigenvalue weighted by atomic mass is 9.79. The number of nitrogens with one attached hydrogen (secondary N) is 1. The maximum atomic E-state index is 12.7. The molecular formula is C15H24ClFN2. The predicted octanol–water partition coefficient (Wildman–Crippen LogP) is 3.65. The zero-order chi connectivity index (χ0) is 14.5. The highest BCUT2D eigenvalue weighted by Gasteiger charge is 2.40. The van der Waals surface area contributed by atoms with Crippen LogP contribution in [-0.2, 0) is 0 Å². The Kier molecular flexibility index (Phi) is 5.92. The van der Waals surface area contributed by atoms with Gasteiger partial charge in [0.05, 0.1) is 0 Å². The fraction of sp³-hybridized carbons (Fsp3) is 0.600. The molecule has 1 fully saturated rings. The summed E-state index contributed by atoms with van der Waals surface area (Å²) in [6.45, 7) is 3.62. The van der Waals surface area contributed by atoms with Crippen LogP contribution in [0.2, 0.25) is 0 Å². The van der Waals surface area contributed by atoms with E-state index in [9.17, 15) is 4.39 Å². The van der Waals surface area contributed by atoms with E-state index in [2.05, 4.69) is 12.2 Å². The van der Waals surface area contributed by atoms with Crippen molar-refractivity contribution < 1.29 is 4.39 Å². The third-order valence-corrected chi connectivity index (χ3v) is 4.03. The van der Waals surface area contributed by atoms with Gasteiger partial charge in [-0.25, -0.2) is 4.39 Å². The molecule has 1 rings (SSSR count). The Balaban J connectivity index is 3.18. The van der Waals surface area contributed by atoms with E-state index < -0.39 is 6.67 Å². The normalized spacial score (nSPS) is 30.1. The average molecular weight is 287 g/mol. The lowest BCUT2D eigenvalue weighted by Gasteiger charge is -2.29. The van der Waals surface area contributed by atoms with Crippen LogP contribution in [0, 0.1) is 5.41 Å². The molecule has 0 aromatic carbocycles. The van der Waals surface area contributed by atoms with E-state index in [1.54, 1.807) is 12.3 Å². The first-order valence-electron chi connectivity index (χ1n) is 6.73. The number of halogens is 2. The highest BCUT2D eigenvalue weighted by atomic mass is 35.5. The molecule has 0 aliphatic heterocycles. The second kappa shape index (κ2) is 6.99.